The first-order chi connectivity index (χ1) is 10.1. The summed E-state index contributed by atoms with van der Waals surface area (Å²) in [6, 6.07) is 10.1. The van der Waals surface area contributed by atoms with Gasteiger partial charge in [0.25, 0.3) is 0 Å². The molecule has 2 aromatic rings. The second kappa shape index (κ2) is 7.10. The van der Waals surface area contributed by atoms with E-state index in [1.165, 1.54) is 5.69 Å². The van der Waals surface area contributed by atoms with Gasteiger partial charge in [-0.2, -0.15) is 5.10 Å². The van der Waals surface area contributed by atoms with E-state index in [9.17, 15) is 0 Å². The first kappa shape index (κ1) is 16.1. The van der Waals surface area contributed by atoms with Gasteiger partial charge in [-0.1, -0.05) is 50.6 Å². The van der Waals surface area contributed by atoms with Crippen molar-refractivity contribution in [2.45, 2.75) is 52.1 Å². The number of benzene rings is 1. The number of hydrogen-bond donors (Lipinski definition) is 1. The molecule has 2 unspecified atom stereocenters. The van der Waals surface area contributed by atoms with Gasteiger partial charge in [-0.05, 0) is 37.0 Å². The van der Waals surface area contributed by atoms with Crippen LogP contribution in [0.2, 0.25) is 5.02 Å². The Morgan fingerprint density at radius 3 is 2.48 bits per heavy atom. The summed E-state index contributed by atoms with van der Waals surface area (Å²) in [6.07, 6.45) is 2.74. The van der Waals surface area contributed by atoms with Crippen LogP contribution < -0.4 is 5.73 Å². The molecule has 1 aromatic carbocycles. The van der Waals surface area contributed by atoms with Gasteiger partial charge in [0.2, 0.25) is 0 Å². The predicted molar refractivity (Wildman–Crippen MR) is 88.8 cm³/mol. The first-order valence-corrected chi connectivity index (χ1v) is 8.07. The number of aromatic nitrogens is 2. The average molecular weight is 306 g/mol. The summed E-state index contributed by atoms with van der Waals surface area (Å²) in [5, 5.41) is 5.52. The fraction of sp³-hybridized carbons (Fsp3) is 0.471. The Morgan fingerprint density at radius 1 is 1.19 bits per heavy atom. The van der Waals surface area contributed by atoms with E-state index in [1.54, 1.807) is 0 Å². The summed E-state index contributed by atoms with van der Waals surface area (Å²) in [6.45, 7) is 6.37. The van der Waals surface area contributed by atoms with Crippen molar-refractivity contribution in [3.05, 3.63) is 52.3 Å². The Hall–Kier alpha value is -1.32. The van der Waals surface area contributed by atoms with Gasteiger partial charge in [0.05, 0.1) is 11.7 Å². The van der Waals surface area contributed by atoms with Crippen LogP contribution in [0.4, 0.5) is 0 Å². The molecule has 0 fully saturated rings. The zero-order valence-electron chi connectivity index (χ0n) is 13.0. The molecule has 21 heavy (non-hydrogen) atoms. The molecule has 0 saturated carbocycles. The minimum atomic E-state index is -0.0149. The fourth-order valence-corrected chi connectivity index (χ4v) is 2.90. The highest BCUT2D eigenvalue weighted by molar-refractivity contribution is 6.31. The molecular weight excluding hydrogens is 282 g/mol. The predicted octanol–water partition coefficient (Wildman–Crippen LogP) is 3.99. The molecule has 1 aromatic heterocycles. The highest BCUT2D eigenvalue weighted by atomic mass is 35.5. The smallest absolute Gasteiger partial charge is 0.0936 e. The van der Waals surface area contributed by atoms with Crippen molar-refractivity contribution >= 4 is 11.6 Å². The molecule has 4 heteroatoms. The van der Waals surface area contributed by atoms with E-state index in [0.29, 0.717) is 0 Å². The molecule has 0 bridgehead atoms. The topological polar surface area (TPSA) is 43.8 Å². The van der Waals surface area contributed by atoms with Crippen molar-refractivity contribution in [3.8, 4) is 0 Å². The number of halogens is 1. The Kier molecular flexibility index (Phi) is 5.43. The number of rotatable bonds is 6. The maximum absolute atomic E-state index is 6.41. The lowest BCUT2D eigenvalue weighted by Gasteiger charge is -2.26. The summed E-state index contributed by atoms with van der Waals surface area (Å²) < 4.78 is 2.08. The summed E-state index contributed by atoms with van der Waals surface area (Å²) >= 11 is 6.41. The van der Waals surface area contributed by atoms with E-state index in [0.717, 1.165) is 35.5 Å². The van der Waals surface area contributed by atoms with Crippen LogP contribution in [0.3, 0.4) is 0 Å². The second-order valence-electron chi connectivity index (χ2n) is 5.32. The van der Waals surface area contributed by atoms with Gasteiger partial charge in [-0.3, -0.25) is 4.68 Å². The average Bonchev–Trinajstić information content (AvgIpc) is 2.92. The van der Waals surface area contributed by atoms with Crippen molar-refractivity contribution in [3.63, 3.8) is 0 Å². The number of hydrogen-bond acceptors (Lipinski definition) is 2. The molecule has 2 rings (SSSR count). The van der Waals surface area contributed by atoms with Crippen LogP contribution in [0.5, 0.6) is 0 Å². The Bertz CT molecular complexity index is 591. The van der Waals surface area contributed by atoms with E-state index in [4.69, 9.17) is 22.4 Å². The van der Waals surface area contributed by atoms with Crippen molar-refractivity contribution in [2.75, 3.05) is 0 Å². The molecular formula is C17H24ClN3. The lowest BCUT2D eigenvalue weighted by Crippen LogP contribution is -2.34. The highest BCUT2D eigenvalue weighted by Crippen LogP contribution is 2.30. The van der Waals surface area contributed by atoms with Crippen molar-refractivity contribution in [1.29, 1.82) is 0 Å². The van der Waals surface area contributed by atoms with Crippen LogP contribution in [0.15, 0.2) is 30.3 Å². The molecule has 0 spiro atoms. The Labute approximate surface area is 132 Å². The van der Waals surface area contributed by atoms with Crippen molar-refractivity contribution in [1.82, 2.24) is 9.78 Å². The Balaban J connectivity index is 2.56. The molecule has 2 N–H and O–H groups in total. The number of nitrogens with zero attached hydrogens (tertiary/aromatic N) is 2. The third-order valence-corrected chi connectivity index (χ3v) is 4.30. The second-order valence-corrected chi connectivity index (χ2v) is 5.72. The minimum Gasteiger partial charge on any atom is -0.326 e. The summed E-state index contributed by atoms with van der Waals surface area (Å²) in [4.78, 5) is 0. The third-order valence-electron chi connectivity index (χ3n) is 3.95. The maximum Gasteiger partial charge on any atom is 0.0936 e. The van der Waals surface area contributed by atoms with Gasteiger partial charge in [0, 0.05) is 16.8 Å². The molecule has 0 aliphatic rings. The van der Waals surface area contributed by atoms with Crippen LogP contribution in [-0.4, -0.2) is 15.8 Å². The van der Waals surface area contributed by atoms with Crippen molar-refractivity contribution in [2.24, 2.45) is 5.73 Å². The first-order valence-electron chi connectivity index (χ1n) is 7.69. The maximum atomic E-state index is 6.41. The Morgan fingerprint density at radius 2 is 1.90 bits per heavy atom. The van der Waals surface area contributed by atoms with Gasteiger partial charge in [-0.25, -0.2) is 0 Å². The molecule has 3 nitrogen and oxygen atoms in total. The number of aryl methyl sites for hydroxylation is 2. The van der Waals surface area contributed by atoms with E-state index < -0.39 is 0 Å². The largest absolute Gasteiger partial charge is 0.326 e. The molecule has 114 valence electrons. The molecule has 0 radical (unpaired) electrons. The molecule has 0 aliphatic carbocycles. The number of nitrogens with two attached hydrogens (primary N) is 1. The molecule has 2 atom stereocenters. The summed E-state index contributed by atoms with van der Waals surface area (Å²) in [7, 11) is 0. The lowest BCUT2D eigenvalue weighted by atomic mass is 9.97. The summed E-state index contributed by atoms with van der Waals surface area (Å²) in [5.41, 5.74) is 9.77. The van der Waals surface area contributed by atoms with Crippen LogP contribution in [-0.2, 0) is 12.8 Å². The molecule has 0 saturated heterocycles. The van der Waals surface area contributed by atoms with Gasteiger partial charge < -0.3 is 5.73 Å². The van der Waals surface area contributed by atoms with E-state index in [-0.39, 0.29) is 12.1 Å². The van der Waals surface area contributed by atoms with Crippen LogP contribution in [0.25, 0.3) is 0 Å². The van der Waals surface area contributed by atoms with Gasteiger partial charge in [0.1, 0.15) is 0 Å². The molecule has 0 amide bonds. The van der Waals surface area contributed by atoms with Crippen LogP contribution in [0.1, 0.15) is 50.2 Å². The monoisotopic (exact) mass is 305 g/mol. The molecule has 1 heterocycles. The van der Waals surface area contributed by atoms with Crippen molar-refractivity contribution < 1.29 is 0 Å². The van der Waals surface area contributed by atoms with Gasteiger partial charge >= 0.3 is 0 Å². The molecule has 0 aliphatic heterocycles. The third kappa shape index (κ3) is 3.30. The van der Waals surface area contributed by atoms with Gasteiger partial charge in [-0.15, -0.1) is 0 Å². The standard InChI is InChI=1S/C17H24ClN3/c1-4-12-11-13(5-2)21(20-12)17(16(19)6-3)14-9-7-8-10-15(14)18/h7-11,16-17H,4-6,19H2,1-3H3. The summed E-state index contributed by atoms with van der Waals surface area (Å²) in [5.74, 6) is 0. The van der Waals surface area contributed by atoms with Gasteiger partial charge in [0.15, 0.2) is 0 Å². The van der Waals surface area contributed by atoms with Crippen LogP contribution in [0, 0.1) is 0 Å². The minimum absolute atomic E-state index is 0.0141. The zero-order valence-corrected chi connectivity index (χ0v) is 13.8. The SMILES string of the molecule is CCc1cc(CC)n(C(c2ccccc2Cl)C(N)CC)n1. The fourth-order valence-electron chi connectivity index (χ4n) is 2.65. The lowest BCUT2D eigenvalue weighted by molar-refractivity contribution is 0.411. The van der Waals surface area contributed by atoms with E-state index >= 15 is 0 Å². The van der Waals surface area contributed by atoms with Crippen LogP contribution >= 0.6 is 11.6 Å². The normalized spacial score (nSPS) is 14.1. The zero-order chi connectivity index (χ0) is 15.4. The van der Waals surface area contributed by atoms with E-state index in [1.807, 2.05) is 18.2 Å². The van der Waals surface area contributed by atoms with E-state index in [2.05, 4.69) is 37.6 Å². The quantitative estimate of drug-likeness (QED) is 0.877. The highest BCUT2D eigenvalue weighted by Gasteiger charge is 2.25.